The largest absolute Gasteiger partial charge is 0.311 e. The summed E-state index contributed by atoms with van der Waals surface area (Å²) >= 11 is 0. The van der Waals surface area contributed by atoms with E-state index >= 15 is 0 Å². The summed E-state index contributed by atoms with van der Waals surface area (Å²) in [6, 6.07) is 0.637. The fraction of sp³-hybridized carbons (Fsp3) is 1.00. The molecule has 1 heterocycles. The zero-order valence-corrected chi connectivity index (χ0v) is 10.2. The van der Waals surface area contributed by atoms with Gasteiger partial charge in [-0.3, -0.25) is 4.90 Å². The van der Waals surface area contributed by atoms with Crippen molar-refractivity contribution in [2.75, 3.05) is 26.3 Å². The van der Waals surface area contributed by atoms with E-state index in [1.165, 1.54) is 25.7 Å². The van der Waals surface area contributed by atoms with Crippen LogP contribution in [0.15, 0.2) is 0 Å². The van der Waals surface area contributed by atoms with Crippen LogP contribution < -0.4 is 5.32 Å². The average Bonchev–Trinajstić information content (AvgIpc) is 3.15. The molecule has 0 bridgehead atoms. The molecule has 2 nitrogen and oxygen atoms in total. The van der Waals surface area contributed by atoms with Crippen molar-refractivity contribution in [2.45, 2.75) is 44.2 Å². The first-order valence-corrected chi connectivity index (χ1v) is 6.78. The molecule has 16 heavy (non-hydrogen) atoms. The molecule has 3 heteroatoms. The van der Waals surface area contributed by atoms with Crippen molar-refractivity contribution < 1.29 is 4.39 Å². The Morgan fingerprint density at radius 1 is 1.31 bits per heavy atom. The molecule has 3 fully saturated rings. The number of piperazine rings is 1. The second kappa shape index (κ2) is 3.95. The van der Waals surface area contributed by atoms with E-state index in [1.807, 2.05) is 0 Å². The van der Waals surface area contributed by atoms with E-state index in [2.05, 4.69) is 17.1 Å². The maximum atomic E-state index is 12.7. The van der Waals surface area contributed by atoms with E-state index in [0.717, 1.165) is 24.9 Å². The second-order valence-electron chi connectivity index (χ2n) is 6.09. The highest BCUT2D eigenvalue weighted by Crippen LogP contribution is 2.45. The zero-order valence-electron chi connectivity index (χ0n) is 10.2. The summed E-state index contributed by atoms with van der Waals surface area (Å²) < 4.78 is 12.7. The molecular weight excluding hydrogens is 203 g/mol. The molecule has 2 atom stereocenters. The highest BCUT2D eigenvalue weighted by molar-refractivity contribution is 5.06. The number of hydrogen-bond donors (Lipinski definition) is 1. The minimum atomic E-state index is -0.195. The first kappa shape index (κ1) is 11.0. The Morgan fingerprint density at radius 2 is 2.06 bits per heavy atom. The first-order chi connectivity index (χ1) is 7.74. The summed E-state index contributed by atoms with van der Waals surface area (Å²) in [5.41, 5.74) is 0.234. The summed E-state index contributed by atoms with van der Waals surface area (Å²) in [4.78, 5) is 2.43. The number of alkyl halides is 1. The maximum absolute atomic E-state index is 12.7. The van der Waals surface area contributed by atoms with Gasteiger partial charge in [-0.1, -0.05) is 0 Å². The second-order valence-corrected chi connectivity index (χ2v) is 6.09. The lowest BCUT2D eigenvalue weighted by molar-refractivity contribution is 0.0260. The number of nitrogens with zero attached hydrogens (tertiary/aromatic N) is 1. The van der Waals surface area contributed by atoms with Crippen LogP contribution in [0.3, 0.4) is 0 Å². The van der Waals surface area contributed by atoms with Gasteiger partial charge in [0, 0.05) is 31.2 Å². The lowest BCUT2D eigenvalue weighted by atomic mass is 9.88. The van der Waals surface area contributed by atoms with Crippen molar-refractivity contribution in [1.82, 2.24) is 10.2 Å². The van der Waals surface area contributed by atoms with Gasteiger partial charge in [0.05, 0.1) is 0 Å². The van der Waals surface area contributed by atoms with Gasteiger partial charge in [0.2, 0.25) is 0 Å². The topological polar surface area (TPSA) is 15.3 Å². The molecule has 0 aromatic carbocycles. The van der Waals surface area contributed by atoms with Crippen LogP contribution in [0.1, 0.15) is 32.6 Å². The highest BCUT2D eigenvalue weighted by atomic mass is 19.1. The molecule has 1 saturated heterocycles. The fourth-order valence-electron chi connectivity index (χ4n) is 3.33. The maximum Gasteiger partial charge on any atom is 0.102 e. The Labute approximate surface area is 97.6 Å². The van der Waals surface area contributed by atoms with Crippen LogP contribution >= 0.6 is 0 Å². The van der Waals surface area contributed by atoms with E-state index in [4.69, 9.17) is 0 Å². The summed E-state index contributed by atoms with van der Waals surface area (Å²) in [5.74, 6) is 1.69. The highest BCUT2D eigenvalue weighted by Gasteiger charge is 2.49. The number of halogens is 1. The first-order valence-electron chi connectivity index (χ1n) is 6.78. The van der Waals surface area contributed by atoms with Gasteiger partial charge in [-0.15, -0.1) is 0 Å². The van der Waals surface area contributed by atoms with Gasteiger partial charge >= 0.3 is 0 Å². The Hall–Kier alpha value is -0.150. The molecule has 92 valence electrons. The molecule has 0 spiro atoms. The van der Waals surface area contributed by atoms with Crippen LogP contribution in [0.5, 0.6) is 0 Å². The summed E-state index contributed by atoms with van der Waals surface area (Å²) in [5, 5.41) is 3.72. The molecule has 0 radical (unpaired) electrons. The number of nitrogens with one attached hydrogen (secondary N) is 1. The minimum Gasteiger partial charge on any atom is -0.311 e. The SMILES string of the molecule is CC1(C2CC2)CNC(C2CC2)CN1CCF. The van der Waals surface area contributed by atoms with Crippen LogP contribution in [-0.4, -0.2) is 42.8 Å². The molecule has 2 aliphatic carbocycles. The third-order valence-corrected chi connectivity index (χ3v) is 4.86. The standard InChI is InChI=1S/C13H23FN2/c1-13(11-4-5-11)9-15-12(10-2-3-10)8-16(13)7-6-14/h10-12,15H,2-9H2,1H3. The number of rotatable bonds is 4. The summed E-state index contributed by atoms with van der Waals surface area (Å²) in [6.07, 6.45) is 5.44. The van der Waals surface area contributed by atoms with Gasteiger partial charge in [0.15, 0.2) is 0 Å². The van der Waals surface area contributed by atoms with Crippen LogP contribution in [-0.2, 0) is 0 Å². The third kappa shape index (κ3) is 1.88. The molecular formula is C13H23FN2. The van der Waals surface area contributed by atoms with Crippen LogP contribution in [0.25, 0.3) is 0 Å². The molecule has 0 amide bonds. The van der Waals surface area contributed by atoms with E-state index in [1.54, 1.807) is 0 Å². The lowest BCUT2D eigenvalue weighted by Gasteiger charge is -2.48. The summed E-state index contributed by atoms with van der Waals surface area (Å²) in [6.45, 7) is 4.91. The van der Waals surface area contributed by atoms with E-state index in [9.17, 15) is 4.39 Å². The van der Waals surface area contributed by atoms with Gasteiger partial charge in [-0.05, 0) is 44.4 Å². The van der Waals surface area contributed by atoms with Gasteiger partial charge in [-0.25, -0.2) is 4.39 Å². The molecule has 1 N–H and O–H groups in total. The van der Waals surface area contributed by atoms with Crippen molar-refractivity contribution in [1.29, 1.82) is 0 Å². The zero-order chi connectivity index (χ0) is 11.2. The van der Waals surface area contributed by atoms with Crippen LogP contribution in [0.4, 0.5) is 4.39 Å². The Bertz CT molecular complexity index is 263. The predicted octanol–water partition coefficient (Wildman–Crippen LogP) is 1.81. The molecule has 2 saturated carbocycles. The van der Waals surface area contributed by atoms with Crippen molar-refractivity contribution >= 4 is 0 Å². The van der Waals surface area contributed by atoms with Crippen molar-refractivity contribution in [3.63, 3.8) is 0 Å². The Balaban J connectivity index is 1.69. The molecule has 2 unspecified atom stereocenters. The average molecular weight is 226 g/mol. The fourth-order valence-corrected chi connectivity index (χ4v) is 3.33. The molecule has 0 aromatic rings. The Kier molecular flexibility index (Phi) is 2.71. The van der Waals surface area contributed by atoms with Crippen molar-refractivity contribution in [3.05, 3.63) is 0 Å². The van der Waals surface area contributed by atoms with Crippen LogP contribution in [0.2, 0.25) is 0 Å². The lowest BCUT2D eigenvalue weighted by Crippen LogP contribution is -2.65. The number of hydrogen-bond acceptors (Lipinski definition) is 2. The smallest absolute Gasteiger partial charge is 0.102 e. The van der Waals surface area contributed by atoms with E-state index in [-0.39, 0.29) is 12.2 Å². The normalized spacial score (nSPS) is 41.2. The van der Waals surface area contributed by atoms with Gasteiger partial charge in [0.25, 0.3) is 0 Å². The minimum absolute atomic E-state index is 0.195. The molecule has 3 rings (SSSR count). The molecule has 1 aliphatic heterocycles. The molecule has 0 aromatic heterocycles. The molecule has 3 aliphatic rings. The monoisotopic (exact) mass is 226 g/mol. The quantitative estimate of drug-likeness (QED) is 0.786. The third-order valence-electron chi connectivity index (χ3n) is 4.86. The van der Waals surface area contributed by atoms with Gasteiger partial charge < -0.3 is 5.32 Å². The van der Waals surface area contributed by atoms with Gasteiger partial charge in [0.1, 0.15) is 6.67 Å². The predicted molar refractivity (Wildman–Crippen MR) is 63.2 cm³/mol. The van der Waals surface area contributed by atoms with Crippen molar-refractivity contribution in [2.24, 2.45) is 11.8 Å². The Morgan fingerprint density at radius 3 is 2.62 bits per heavy atom. The van der Waals surface area contributed by atoms with Gasteiger partial charge in [-0.2, -0.15) is 0 Å². The van der Waals surface area contributed by atoms with Crippen LogP contribution in [0, 0.1) is 11.8 Å². The van der Waals surface area contributed by atoms with Crippen molar-refractivity contribution in [3.8, 4) is 0 Å². The summed E-state index contributed by atoms with van der Waals surface area (Å²) in [7, 11) is 0. The van der Waals surface area contributed by atoms with E-state index in [0.29, 0.717) is 12.6 Å². The van der Waals surface area contributed by atoms with E-state index < -0.39 is 0 Å².